The summed E-state index contributed by atoms with van der Waals surface area (Å²) in [4.78, 5) is 31.1. The highest BCUT2D eigenvalue weighted by molar-refractivity contribution is 7.17. The van der Waals surface area contributed by atoms with Crippen LogP contribution in [0.3, 0.4) is 0 Å². The summed E-state index contributed by atoms with van der Waals surface area (Å²) in [5.74, 6) is 0.0349. The van der Waals surface area contributed by atoms with Crippen molar-refractivity contribution in [3.63, 3.8) is 0 Å². The summed E-state index contributed by atoms with van der Waals surface area (Å²) < 4.78 is 0. The molecule has 0 unspecified atom stereocenters. The number of carbonyl (C=O) groups is 2. The predicted molar refractivity (Wildman–Crippen MR) is 71.6 cm³/mol. The molecule has 0 saturated carbocycles. The third kappa shape index (κ3) is 1.99. The predicted octanol–water partition coefficient (Wildman–Crippen LogP) is 1.67. The Morgan fingerprint density at radius 1 is 1.44 bits per heavy atom. The highest BCUT2D eigenvalue weighted by atomic mass is 35.5. The van der Waals surface area contributed by atoms with Gasteiger partial charge in [0.25, 0.3) is 0 Å². The number of nitrogens with zero attached hydrogens (tertiary/aromatic N) is 3. The number of piperazine rings is 1. The van der Waals surface area contributed by atoms with Crippen molar-refractivity contribution in [2.45, 2.75) is 19.4 Å². The molecule has 2 rings (SSSR count). The molecule has 18 heavy (non-hydrogen) atoms. The molecule has 1 aliphatic rings. The van der Waals surface area contributed by atoms with E-state index in [1.54, 1.807) is 11.9 Å². The lowest BCUT2D eigenvalue weighted by molar-refractivity contribution is -0.136. The Balaban J connectivity index is 2.37. The van der Waals surface area contributed by atoms with Crippen molar-refractivity contribution in [2.75, 3.05) is 25.0 Å². The van der Waals surface area contributed by atoms with Crippen LogP contribution in [-0.4, -0.2) is 47.8 Å². The van der Waals surface area contributed by atoms with Crippen LogP contribution in [0.15, 0.2) is 0 Å². The second kappa shape index (κ2) is 4.51. The summed E-state index contributed by atoms with van der Waals surface area (Å²) >= 11 is 7.08. The monoisotopic (exact) mass is 287 g/mol. The van der Waals surface area contributed by atoms with Gasteiger partial charge in [-0.05, 0) is 13.8 Å². The fourth-order valence-corrected chi connectivity index (χ4v) is 3.27. The minimum absolute atomic E-state index is 0.0349. The molecule has 1 fully saturated rings. The minimum atomic E-state index is -0.672. The molecule has 0 radical (unpaired) electrons. The fourth-order valence-electron chi connectivity index (χ4n) is 2.04. The van der Waals surface area contributed by atoms with Gasteiger partial charge in [0.2, 0.25) is 5.91 Å². The van der Waals surface area contributed by atoms with Crippen LogP contribution in [0, 0.1) is 0 Å². The maximum Gasteiger partial charge on any atom is 0.247 e. The highest BCUT2D eigenvalue weighted by Crippen LogP contribution is 2.34. The van der Waals surface area contributed by atoms with E-state index in [9.17, 15) is 9.59 Å². The van der Waals surface area contributed by atoms with Crippen LogP contribution in [0.25, 0.3) is 0 Å². The van der Waals surface area contributed by atoms with E-state index in [4.69, 9.17) is 11.6 Å². The number of likely N-dealkylation sites (N-methyl/N-ethyl adjacent to an activating group) is 1. The normalized spacial score (nSPS) is 19.2. The Labute approximate surface area is 114 Å². The third-order valence-corrected chi connectivity index (χ3v) is 4.54. The Kier molecular flexibility index (Phi) is 3.33. The molecule has 0 aliphatic carbocycles. The largest absolute Gasteiger partial charge is 0.342 e. The molecule has 1 saturated heterocycles. The first kappa shape index (κ1) is 13.3. The molecule has 1 aliphatic heterocycles. The molecule has 2 heterocycles. The first-order valence-corrected chi connectivity index (χ1v) is 6.72. The van der Waals surface area contributed by atoms with Gasteiger partial charge in [-0.25, -0.2) is 4.98 Å². The van der Waals surface area contributed by atoms with E-state index in [1.807, 2.05) is 18.7 Å². The Bertz CT molecular complexity index is 500. The second-order valence-electron chi connectivity index (χ2n) is 4.71. The summed E-state index contributed by atoms with van der Waals surface area (Å²) in [6, 6.07) is 0. The standard InChI is InChI=1S/C11H14ClN3O2S/c1-11(2)9(17)14(3)4-5-15(11)10-13-8(12)7(6-16)18-10/h6H,4-5H2,1-3H3. The molecule has 7 heteroatoms. The summed E-state index contributed by atoms with van der Waals surface area (Å²) in [7, 11) is 1.78. The summed E-state index contributed by atoms with van der Waals surface area (Å²) in [5.41, 5.74) is -0.672. The number of anilines is 1. The van der Waals surface area contributed by atoms with E-state index in [0.717, 1.165) is 0 Å². The zero-order chi connectivity index (χ0) is 13.5. The van der Waals surface area contributed by atoms with Gasteiger partial charge >= 0.3 is 0 Å². The molecule has 5 nitrogen and oxygen atoms in total. The first-order chi connectivity index (χ1) is 8.37. The van der Waals surface area contributed by atoms with E-state index < -0.39 is 5.54 Å². The molecule has 1 aromatic rings. The van der Waals surface area contributed by atoms with Crippen molar-refractivity contribution < 1.29 is 9.59 Å². The molecular weight excluding hydrogens is 274 g/mol. The van der Waals surface area contributed by atoms with Crippen LogP contribution >= 0.6 is 22.9 Å². The molecule has 0 aromatic carbocycles. The van der Waals surface area contributed by atoms with Gasteiger partial charge in [-0.2, -0.15) is 0 Å². The smallest absolute Gasteiger partial charge is 0.247 e. The highest BCUT2D eigenvalue weighted by Gasteiger charge is 2.42. The number of thiazole rings is 1. The van der Waals surface area contributed by atoms with Crippen LogP contribution in [0.5, 0.6) is 0 Å². The van der Waals surface area contributed by atoms with Gasteiger partial charge in [0.1, 0.15) is 10.4 Å². The SMILES string of the molecule is CN1CCN(c2nc(Cl)c(C=O)s2)C(C)(C)C1=O. The van der Waals surface area contributed by atoms with E-state index in [2.05, 4.69) is 4.98 Å². The van der Waals surface area contributed by atoms with Crippen molar-refractivity contribution in [3.8, 4) is 0 Å². The van der Waals surface area contributed by atoms with Crippen molar-refractivity contribution in [1.29, 1.82) is 0 Å². The average molecular weight is 288 g/mol. The molecular formula is C11H14ClN3O2S. The molecule has 0 bridgehead atoms. The van der Waals surface area contributed by atoms with Crippen LogP contribution in [0.1, 0.15) is 23.5 Å². The zero-order valence-corrected chi connectivity index (χ0v) is 12.0. The van der Waals surface area contributed by atoms with Gasteiger partial charge in [0.05, 0.1) is 0 Å². The number of halogens is 1. The van der Waals surface area contributed by atoms with Gasteiger partial charge < -0.3 is 9.80 Å². The Morgan fingerprint density at radius 3 is 2.67 bits per heavy atom. The van der Waals surface area contributed by atoms with Crippen molar-refractivity contribution in [1.82, 2.24) is 9.88 Å². The molecule has 98 valence electrons. The van der Waals surface area contributed by atoms with E-state index in [0.29, 0.717) is 29.4 Å². The maximum atomic E-state index is 12.2. The van der Waals surface area contributed by atoms with Gasteiger partial charge in [-0.1, -0.05) is 22.9 Å². The van der Waals surface area contributed by atoms with E-state index in [-0.39, 0.29) is 11.1 Å². The summed E-state index contributed by atoms with van der Waals surface area (Å²) in [6.07, 6.45) is 0.689. The lowest BCUT2D eigenvalue weighted by Gasteiger charge is -2.44. The Morgan fingerprint density at radius 2 is 2.11 bits per heavy atom. The lowest BCUT2D eigenvalue weighted by Crippen LogP contribution is -2.62. The number of hydrogen-bond acceptors (Lipinski definition) is 5. The van der Waals surface area contributed by atoms with Crippen LogP contribution in [0.4, 0.5) is 5.13 Å². The number of amides is 1. The quantitative estimate of drug-likeness (QED) is 0.777. The topological polar surface area (TPSA) is 53.5 Å². The average Bonchev–Trinajstić information content (AvgIpc) is 2.67. The Hall–Kier alpha value is -1.14. The van der Waals surface area contributed by atoms with Crippen molar-refractivity contribution in [2.24, 2.45) is 0 Å². The fraction of sp³-hybridized carbons (Fsp3) is 0.545. The van der Waals surface area contributed by atoms with E-state index in [1.165, 1.54) is 11.3 Å². The van der Waals surface area contributed by atoms with Crippen LogP contribution < -0.4 is 4.90 Å². The molecule has 1 aromatic heterocycles. The third-order valence-electron chi connectivity index (χ3n) is 3.14. The zero-order valence-electron chi connectivity index (χ0n) is 10.4. The minimum Gasteiger partial charge on any atom is -0.342 e. The molecule has 0 N–H and O–H groups in total. The number of aromatic nitrogens is 1. The van der Waals surface area contributed by atoms with Crippen LogP contribution in [-0.2, 0) is 4.79 Å². The second-order valence-corrected chi connectivity index (χ2v) is 6.07. The number of carbonyl (C=O) groups excluding carboxylic acids is 2. The molecule has 0 spiro atoms. The van der Waals surface area contributed by atoms with Gasteiger partial charge in [0.15, 0.2) is 16.6 Å². The molecule has 0 atom stereocenters. The summed E-state index contributed by atoms with van der Waals surface area (Å²) in [6.45, 7) is 5.01. The maximum absolute atomic E-state index is 12.2. The molecule has 1 amide bonds. The summed E-state index contributed by atoms with van der Waals surface area (Å²) in [5, 5.41) is 0.820. The van der Waals surface area contributed by atoms with Gasteiger partial charge in [0, 0.05) is 20.1 Å². The number of hydrogen-bond donors (Lipinski definition) is 0. The number of aldehydes is 1. The van der Waals surface area contributed by atoms with Crippen LogP contribution in [0.2, 0.25) is 5.15 Å². The number of rotatable bonds is 2. The van der Waals surface area contributed by atoms with E-state index >= 15 is 0 Å². The lowest BCUT2D eigenvalue weighted by atomic mass is 9.99. The first-order valence-electron chi connectivity index (χ1n) is 5.52. The van der Waals surface area contributed by atoms with Gasteiger partial charge in [-0.3, -0.25) is 9.59 Å². The van der Waals surface area contributed by atoms with Gasteiger partial charge in [-0.15, -0.1) is 0 Å². The van der Waals surface area contributed by atoms with Crippen molar-refractivity contribution >= 4 is 40.3 Å². The van der Waals surface area contributed by atoms with Crippen molar-refractivity contribution in [3.05, 3.63) is 10.0 Å².